The summed E-state index contributed by atoms with van der Waals surface area (Å²) in [5.41, 5.74) is 19.2. The first kappa shape index (κ1) is 66.6. The lowest BCUT2D eigenvalue weighted by Crippen LogP contribution is -1.95. The van der Waals surface area contributed by atoms with Gasteiger partial charge in [0.15, 0.2) is 0 Å². The molecule has 8 aromatic carbocycles. The van der Waals surface area contributed by atoms with Crippen LogP contribution in [0.2, 0.25) is 0 Å². The standard InChI is InChI=1S/5C11H10N2.3C10H8N2/c2*1-7-8(2)10(5-12)4-11(6-13)9(7)3;1-7-5-8(2)10(6-12)11(13-4)9(7)3;2*1-7-4-10(5-12)9(3)11(6-13)8(7)2;3*1-7-3-9(5-11)4-10(6-12)8(7)2/h2*4H,1-3H3;5H,1-3H3;2*4H,1-3H3;3*3-4H,1-2H3/i2*4D;5D;2*4D;3*3D,4D. The Labute approximate surface area is 611 Å². The molecule has 0 aromatic heterocycles. The van der Waals surface area contributed by atoms with Gasteiger partial charge in [0.05, 0.1) is 196 Å². The van der Waals surface area contributed by atoms with Gasteiger partial charge >= 0.3 is 0 Å². The Hall–Kier alpha value is -14.4. The molecule has 16 heteroatoms. The number of hydrogen-bond donors (Lipinski definition) is 0. The molecular formula is C85H74N16. The number of nitrogens with zero attached hydrogens (tertiary/aromatic N) is 16. The Bertz CT molecular complexity index is 4780. The van der Waals surface area contributed by atoms with Crippen LogP contribution in [0.1, 0.15) is 215 Å². The lowest BCUT2D eigenvalue weighted by molar-refractivity contribution is 1.23. The van der Waals surface area contributed by atoms with Crippen LogP contribution in [-0.2, 0) is 0 Å². The van der Waals surface area contributed by atoms with Crippen LogP contribution >= 0.6 is 0 Å². The number of rotatable bonds is 0. The van der Waals surface area contributed by atoms with E-state index in [0.717, 1.165) is 55.6 Å². The summed E-state index contributed by atoms with van der Waals surface area (Å²) in [6.07, 6.45) is 0. The van der Waals surface area contributed by atoms with Crippen LogP contribution in [0.4, 0.5) is 5.69 Å². The molecule has 0 heterocycles. The van der Waals surface area contributed by atoms with Gasteiger partial charge < -0.3 is 0 Å². The molecule has 0 aliphatic carbocycles. The van der Waals surface area contributed by atoms with Crippen molar-refractivity contribution in [2.24, 2.45) is 0 Å². The van der Waals surface area contributed by atoms with Crippen LogP contribution in [0.3, 0.4) is 0 Å². The maximum Gasteiger partial charge on any atom is 0.208 e. The van der Waals surface area contributed by atoms with E-state index in [0.29, 0.717) is 123 Å². The summed E-state index contributed by atoms with van der Waals surface area (Å²) >= 11 is 0. The first-order chi connectivity index (χ1) is 52.3. The van der Waals surface area contributed by atoms with Crippen LogP contribution < -0.4 is 0 Å². The molecule has 8 aromatic rings. The van der Waals surface area contributed by atoms with Crippen LogP contribution in [0.5, 0.6) is 0 Å². The molecule has 0 N–H and O–H groups in total. The van der Waals surface area contributed by atoms with Gasteiger partial charge in [-0.25, -0.2) is 4.85 Å². The minimum Gasteiger partial charge on any atom is -0.236 e. The third-order valence-electron chi connectivity index (χ3n) is 16.4. The molecule has 0 saturated carbocycles. The van der Waals surface area contributed by atoms with Crippen molar-refractivity contribution >= 4 is 5.69 Å². The maximum absolute atomic E-state index is 8.91. The number of hydrogen-bond acceptors (Lipinski definition) is 15. The van der Waals surface area contributed by atoms with Crippen LogP contribution in [0, 0.1) is 322 Å². The van der Waals surface area contributed by atoms with Crippen molar-refractivity contribution in [1.29, 1.82) is 78.9 Å². The molecule has 0 bridgehead atoms. The predicted octanol–water partition coefficient (Wildman–Crippen LogP) is 18.6. The molecule has 0 aliphatic heterocycles. The smallest absolute Gasteiger partial charge is 0.208 e. The Morgan fingerprint density at radius 1 is 0.208 bits per heavy atom. The fraction of sp³-hybridized carbons (Fsp3) is 0.247. The Balaban J connectivity index is 0.000000640. The fourth-order valence-electron chi connectivity index (χ4n) is 8.80. The highest BCUT2D eigenvalue weighted by Gasteiger charge is 2.14. The molecule has 8 rings (SSSR count). The SMILES string of the molecule is [2H]c1c(C#N)c(C)c(C)c(C)c1C#N.[2H]c1c(C#N)c(C)c(C)c(C)c1C#N.[2H]c1c(C)c(C)c(C#N)c(C)c1C#N.[2H]c1c(C)c(C)c(C#N)c(C)c1C#N.[2H]c1c(C)c(C)c(C#N)c([2H])c1C#N.[2H]c1c(C)c(C)c(C#N)c([2H])c1C#N.[2H]c1c(C)c(C)c(C#N)c([2H])c1C#N.[2H]c1c(C)c(C)c([N+]#[C-])c(C#N)c1C. The van der Waals surface area contributed by atoms with E-state index in [2.05, 4.69) is 17.0 Å². The van der Waals surface area contributed by atoms with Crippen molar-refractivity contribution in [3.8, 4) is 91.0 Å². The fourth-order valence-corrected chi connectivity index (χ4v) is 8.80. The molecule has 494 valence electrons. The minimum atomic E-state index is -0.136. The van der Waals surface area contributed by atoms with E-state index >= 15 is 0 Å². The van der Waals surface area contributed by atoms with Crippen molar-refractivity contribution < 1.29 is 15.1 Å². The van der Waals surface area contributed by atoms with Crippen molar-refractivity contribution in [3.05, 3.63) is 278 Å². The summed E-state index contributed by atoms with van der Waals surface area (Å²) in [5, 5.41) is 132. The molecule has 0 radical (unpaired) electrons. The van der Waals surface area contributed by atoms with Crippen molar-refractivity contribution in [3.63, 3.8) is 0 Å². The van der Waals surface area contributed by atoms with Gasteiger partial charge in [0, 0.05) is 0 Å². The third-order valence-corrected chi connectivity index (χ3v) is 16.4. The van der Waals surface area contributed by atoms with Gasteiger partial charge in [-0.1, -0.05) is 11.6 Å². The van der Waals surface area contributed by atoms with Crippen LogP contribution in [0.15, 0.2) is 66.5 Å². The summed E-state index contributed by atoms with van der Waals surface area (Å²) in [5.74, 6) is 0. The maximum atomic E-state index is 8.91. The predicted molar refractivity (Wildman–Crippen MR) is 388 cm³/mol. The lowest BCUT2D eigenvalue weighted by Gasteiger charge is -2.07. The second-order valence-electron chi connectivity index (χ2n) is 22.3. The first-order valence-corrected chi connectivity index (χ1v) is 30.1. The zero-order chi connectivity index (χ0) is 87.0. The van der Waals surface area contributed by atoms with E-state index in [1.165, 1.54) is 0 Å². The molecule has 0 atom stereocenters. The highest BCUT2D eigenvalue weighted by Crippen LogP contribution is 2.30. The van der Waals surface area contributed by atoms with Gasteiger partial charge in [-0.3, -0.25) is 0 Å². The zero-order valence-corrected chi connectivity index (χ0v) is 60.2. The van der Waals surface area contributed by atoms with E-state index in [4.69, 9.17) is 101 Å². The first-order valence-electron chi connectivity index (χ1n) is 35.6. The van der Waals surface area contributed by atoms with Gasteiger partial charge in [0.1, 0.15) is 0 Å². The van der Waals surface area contributed by atoms with E-state index in [1.54, 1.807) is 150 Å². The largest absolute Gasteiger partial charge is 0.236 e. The third kappa shape index (κ3) is 21.8. The van der Waals surface area contributed by atoms with Gasteiger partial charge in [-0.05, 0) is 317 Å². The second kappa shape index (κ2) is 40.1. The summed E-state index contributed by atoms with van der Waals surface area (Å²) < 4.78 is 84.0. The summed E-state index contributed by atoms with van der Waals surface area (Å²) in [4.78, 5) is 3.35. The van der Waals surface area contributed by atoms with Gasteiger partial charge in [-0.2, -0.15) is 78.9 Å². The normalized spacial score (nSPS) is 10.4. The van der Waals surface area contributed by atoms with E-state index < -0.39 is 0 Å². The number of nitriles is 15. The molecule has 0 unspecified atom stereocenters. The average molecular weight is 1330 g/mol. The van der Waals surface area contributed by atoms with Crippen LogP contribution in [-0.4, -0.2) is 0 Å². The zero-order valence-electron chi connectivity index (χ0n) is 71.2. The molecule has 101 heavy (non-hydrogen) atoms. The molecule has 0 spiro atoms. The van der Waals surface area contributed by atoms with E-state index in [9.17, 15) is 0 Å². The molecule has 16 nitrogen and oxygen atoms in total. The lowest BCUT2D eigenvalue weighted by atomic mass is 9.95. The Morgan fingerprint density at radius 2 is 0.426 bits per heavy atom. The summed E-state index contributed by atoms with van der Waals surface area (Å²) in [6.45, 7) is 43.9. The second-order valence-corrected chi connectivity index (χ2v) is 22.3. The highest BCUT2D eigenvalue weighted by atomic mass is 14.7. The monoisotopic (exact) mass is 1330 g/mol. The summed E-state index contributed by atoms with van der Waals surface area (Å²) in [6, 6.07) is 29.6. The van der Waals surface area contributed by atoms with Gasteiger partial charge in [-0.15, -0.1) is 0 Å². The molecular weight excluding hydrogens is 1250 g/mol. The molecule has 0 aliphatic rings. The van der Waals surface area contributed by atoms with Gasteiger partial charge in [0.2, 0.25) is 5.69 Å². The van der Waals surface area contributed by atoms with Gasteiger partial charge in [0.25, 0.3) is 0 Å². The topological polar surface area (TPSA) is 361 Å². The van der Waals surface area contributed by atoms with Crippen molar-refractivity contribution in [2.75, 3.05) is 0 Å². The Kier molecular flexibility index (Phi) is 26.4. The van der Waals surface area contributed by atoms with Crippen LogP contribution in [0.25, 0.3) is 4.85 Å². The molecule has 0 fully saturated rings. The minimum absolute atomic E-state index is 0.0235. The van der Waals surface area contributed by atoms with E-state index in [-0.39, 0.29) is 93.8 Å². The van der Waals surface area contributed by atoms with Crippen molar-refractivity contribution in [1.82, 2.24) is 0 Å². The highest BCUT2D eigenvalue weighted by molar-refractivity contribution is 5.68. The molecule has 0 saturated heterocycles. The average Bonchev–Trinajstić information content (AvgIpc) is 0.860. The van der Waals surface area contributed by atoms with Crippen molar-refractivity contribution in [2.45, 2.75) is 145 Å². The quantitative estimate of drug-likeness (QED) is 0.127. The van der Waals surface area contributed by atoms with E-state index in [1.807, 2.05) is 74.5 Å². The molecule has 0 amide bonds. The number of benzene rings is 8. The Morgan fingerprint density at radius 3 is 0.644 bits per heavy atom. The summed E-state index contributed by atoms with van der Waals surface area (Å²) in [7, 11) is 0.